The van der Waals surface area contributed by atoms with E-state index in [1.807, 2.05) is 30.3 Å². The highest BCUT2D eigenvalue weighted by molar-refractivity contribution is 5.91. The number of aliphatic carboxylic acids is 1. The van der Waals surface area contributed by atoms with Gasteiger partial charge in [0.25, 0.3) is 0 Å². The number of allylic oxidation sites excluding steroid dienone is 1. The van der Waals surface area contributed by atoms with Crippen LogP contribution in [0.25, 0.3) is 0 Å². The Labute approximate surface area is 136 Å². The molecule has 1 fully saturated rings. The second-order valence-corrected chi connectivity index (χ2v) is 5.79. The van der Waals surface area contributed by atoms with Gasteiger partial charge in [0.1, 0.15) is 6.04 Å². The smallest absolute Gasteiger partial charge is 0.326 e. The number of hydrogen-bond donors (Lipinski definition) is 2. The Hall–Kier alpha value is -2.14. The molecule has 1 atom stereocenters. The third kappa shape index (κ3) is 3.99. The fraction of sp³-hybridized carbons (Fsp3) is 0.444. The number of rotatable bonds is 7. The van der Waals surface area contributed by atoms with Crippen molar-refractivity contribution in [3.63, 3.8) is 0 Å². The summed E-state index contributed by atoms with van der Waals surface area (Å²) in [6.45, 7) is 4.59. The predicted octanol–water partition coefficient (Wildman–Crippen LogP) is 2.27. The van der Waals surface area contributed by atoms with Gasteiger partial charge in [0.05, 0.1) is 5.41 Å². The molecule has 23 heavy (non-hydrogen) atoms. The minimum absolute atomic E-state index is 0.233. The van der Waals surface area contributed by atoms with Gasteiger partial charge in [-0.1, -0.05) is 36.4 Å². The fourth-order valence-electron chi connectivity index (χ4n) is 2.96. The fourth-order valence-corrected chi connectivity index (χ4v) is 2.96. The SMILES string of the molecule is C=CCCC(NC(=O)C1(c2ccccc2)CCOCC1)C(=O)O. The van der Waals surface area contributed by atoms with Gasteiger partial charge in [-0.05, 0) is 31.2 Å². The van der Waals surface area contributed by atoms with E-state index in [2.05, 4.69) is 11.9 Å². The first kappa shape index (κ1) is 17.2. The minimum atomic E-state index is -1.02. The quantitative estimate of drug-likeness (QED) is 0.757. The number of carbonyl (C=O) groups excluding carboxylic acids is 1. The summed E-state index contributed by atoms with van der Waals surface area (Å²) in [6.07, 6.45) is 3.64. The van der Waals surface area contributed by atoms with Gasteiger partial charge < -0.3 is 15.2 Å². The highest BCUT2D eigenvalue weighted by Gasteiger charge is 2.42. The van der Waals surface area contributed by atoms with Crippen LogP contribution in [-0.4, -0.2) is 36.2 Å². The molecule has 0 radical (unpaired) electrons. The van der Waals surface area contributed by atoms with Gasteiger partial charge in [-0.25, -0.2) is 4.79 Å². The Morgan fingerprint density at radius 2 is 1.96 bits per heavy atom. The first-order valence-corrected chi connectivity index (χ1v) is 7.88. The molecule has 0 bridgehead atoms. The lowest BCUT2D eigenvalue weighted by Crippen LogP contribution is -2.52. The summed E-state index contributed by atoms with van der Waals surface area (Å²) < 4.78 is 5.40. The van der Waals surface area contributed by atoms with Gasteiger partial charge in [0.15, 0.2) is 0 Å². The van der Waals surface area contributed by atoms with Crippen LogP contribution in [0.1, 0.15) is 31.2 Å². The second-order valence-electron chi connectivity index (χ2n) is 5.79. The summed E-state index contributed by atoms with van der Waals surface area (Å²) in [6, 6.07) is 8.63. The number of nitrogens with one attached hydrogen (secondary N) is 1. The van der Waals surface area contributed by atoms with Crippen molar-refractivity contribution >= 4 is 11.9 Å². The summed E-state index contributed by atoms with van der Waals surface area (Å²) in [5, 5.41) is 12.0. The summed E-state index contributed by atoms with van der Waals surface area (Å²) in [7, 11) is 0. The van der Waals surface area contributed by atoms with Crippen LogP contribution in [-0.2, 0) is 19.7 Å². The third-order valence-corrected chi connectivity index (χ3v) is 4.37. The van der Waals surface area contributed by atoms with Crippen molar-refractivity contribution < 1.29 is 19.4 Å². The van der Waals surface area contributed by atoms with Gasteiger partial charge in [0, 0.05) is 13.2 Å². The summed E-state index contributed by atoms with van der Waals surface area (Å²) in [4.78, 5) is 24.3. The van der Waals surface area contributed by atoms with Crippen LogP contribution in [0, 0.1) is 0 Å². The second kappa shape index (κ2) is 7.92. The van der Waals surface area contributed by atoms with E-state index in [9.17, 15) is 14.7 Å². The van der Waals surface area contributed by atoms with E-state index in [1.165, 1.54) is 0 Å². The zero-order valence-corrected chi connectivity index (χ0v) is 13.2. The van der Waals surface area contributed by atoms with Crippen molar-refractivity contribution in [2.45, 2.75) is 37.1 Å². The van der Waals surface area contributed by atoms with Gasteiger partial charge in [0.2, 0.25) is 5.91 Å². The van der Waals surface area contributed by atoms with E-state index >= 15 is 0 Å². The van der Waals surface area contributed by atoms with E-state index < -0.39 is 17.4 Å². The van der Waals surface area contributed by atoms with Gasteiger partial charge in [-0.15, -0.1) is 6.58 Å². The highest BCUT2D eigenvalue weighted by Crippen LogP contribution is 2.35. The molecule has 1 aliphatic rings. The first-order valence-electron chi connectivity index (χ1n) is 7.88. The molecule has 1 amide bonds. The number of benzene rings is 1. The van der Waals surface area contributed by atoms with E-state index in [-0.39, 0.29) is 5.91 Å². The van der Waals surface area contributed by atoms with Gasteiger partial charge in [-0.2, -0.15) is 0 Å². The largest absolute Gasteiger partial charge is 0.480 e. The normalized spacial score (nSPS) is 17.9. The molecule has 0 aliphatic carbocycles. The Balaban J connectivity index is 2.23. The highest BCUT2D eigenvalue weighted by atomic mass is 16.5. The van der Waals surface area contributed by atoms with Crippen LogP contribution in [0.3, 0.4) is 0 Å². The van der Waals surface area contributed by atoms with Crippen molar-refractivity contribution in [1.82, 2.24) is 5.32 Å². The Morgan fingerprint density at radius 1 is 1.30 bits per heavy atom. The lowest BCUT2D eigenvalue weighted by Gasteiger charge is -2.37. The van der Waals surface area contributed by atoms with E-state index in [0.29, 0.717) is 38.9 Å². The molecule has 5 nitrogen and oxygen atoms in total. The number of hydrogen-bond acceptors (Lipinski definition) is 3. The molecule has 2 rings (SSSR count). The molecule has 1 heterocycles. The molecule has 1 unspecified atom stereocenters. The number of carboxylic acid groups (broad SMARTS) is 1. The number of ether oxygens (including phenoxy) is 1. The van der Waals surface area contributed by atoms with E-state index in [4.69, 9.17) is 4.74 Å². The lowest BCUT2D eigenvalue weighted by molar-refractivity contribution is -0.143. The maximum Gasteiger partial charge on any atom is 0.326 e. The molecule has 0 spiro atoms. The molecule has 124 valence electrons. The third-order valence-electron chi connectivity index (χ3n) is 4.37. The van der Waals surface area contributed by atoms with E-state index in [1.54, 1.807) is 6.08 Å². The van der Waals surface area contributed by atoms with Crippen LogP contribution in [0.15, 0.2) is 43.0 Å². The van der Waals surface area contributed by atoms with Gasteiger partial charge >= 0.3 is 5.97 Å². The molecule has 0 saturated carbocycles. The molecule has 1 saturated heterocycles. The van der Waals surface area contributed by atoms with Crippen LogP contribution in [0.2, 0.25) is 0 Å². The molecule has 0 aromatic heterocycles. The van der Waals surface area contributed by atoms with Crippen LogP contribution in [0.5, 0.6) is 0 Å². The molecule has 1 aromatic carbocycles. The summed E-state index contributed by atoms with van der Waals surface area (Å²) in [5.41, 5.74) is 0.190. The zero-order chi connectivity index (χ0) is 16.7. The molecule has 5 heteroatoms. The Morgan fingerprint density at radius 3 is 2.52 bits per heavy atom. The van der Waals surface area contributed by atoms with Crippen molar-refractivity contribution in [3.8, 4) is 0 Å². The monoisotopic (exact) mass is 317 g/mol. The van der Waals surface area contributed by atoms with Gasteiger partial charge in [-0.3, -0.25) is 4.79 Å². The predicted molar refractivity (Wildman–Crippen MR) is 87.2 cm³/mol. The van der Waals surface area contributed by atoms with Crippen molar-refractivity contribution in [2.75, 3.05) is 13.2 Å². The average molecular weight is 317 g/mol. The molecular weight excluding hydrogens is 294 g/mol. The number of carboxylic acids is 1. The topological polar surface area (TPSA) is 75.6 Å². The molecule has 2 N–H and O–H groups in total. The van der Waals surface area contributed by atoms with Crippen LogP contribution in [0.4, 0.5) is 0 Å². The minimum Gasteiger partial charge on any atom is -0.480 e. The number of amides is 1. The Bertz CT molecular complexity index is 549. The summed E-state index contributed by atoms with van der Waals surface area (Å²) >= 11 is 0. The maximum atomic E-state index is 12.9. The molecule has 1 aliphatic heterocycles. The maximum absolute atomic E-state index is 12.9. The zero-order valence-electron chi connectivity index (χ0n) is 13.2. The lowest BCUT2D eigenvalue weighted by atomic mass is 9.73. The van der Waals surface area contributed by atoms with Crippen LogP contribution >= 0.6 is 0 Å². The standard InChI is InChI=1S/C18H23NO4/c1-2-3-9-15(16(20)21)19-17(22)18(10-12-23-13-11-18)14-7-5-4-6-8-14/h2,4-8,15H,1,3,9-13H2,(H,19,22)(H,20,21). The molecule has 1 aromatic rings. The van der Waals surface area contributed by atoms with Crippen molar-refractivity contribution in [3.05, 3.63) is 48.6 Å². The van der Waals surface area contributed by atoms with E-state index in [0.717, 1.165) is 5.56 Å². The average Bonchev–Trinajstić information content (AvgIpc) is 2.59. The molecular formula is C18H23NO4. The summed E-state index contributed by atoms with van der Waals surface area (Å²) in [5.74, 6) is -1.25. The van der Waals surface area contributed by atoms with Crippen molar-refractivity contribution in [1.29, 1.82) is 0 Å². The van der Waals surface area contributed by atoms with Crippen LogP contribution < -0.4 is 5.32 Å². The number of carbonyl (C=O) groups is 2. The first-order chi connectivity index (χ1) is 11.1. The Kier molecular flexibility index (Phi) is 5.93. The van der Waals surface area contributed by atoms with Crippen molar-refractivity contribution in [2.24, 2.45) is 0 Å².